The van der Waals surface area contributed by atoms with Gasteiger partial charge in [0.2, 0.25) is 0 Å². The van der Waals surface area contributed by atoms with Gasteiger partial charge in [0.25, 0.3) is 0 Å². The monoisotopic (exact) mass is 1420 g/mol. The second kappa shape index (κ2) is 33.2. The zero-order valence-electron chi connectivity index (χ0n) is 68.5. The molecule has 0 atom stereocenters. The number of para-hydroxylation sites is 2. The lowest BCUT2D eigenvalue weighted by atomic mass is 9.85. The zero-order chi connectivity index (χ0) is 77.9. The van der Waals surface area contributed by atoms with Crippen LogP contribution in [0.15, 0.2) is 242 Å². The molecule has 107 heavy (non-hydrogen) atoms. The van der Waals surface area contributed by atoms with Gasteiger partial charge in [0, 0.05) is 68.7 Å². The molecule has 0 radical (unpaired) electrons. The van der Waals surface area contributed by atoms with Gasteiger partial charge < -0.3 is 15.0 Å². The lowest BCUT2D eigenvalue weighted by Crippen LogP contribution is -2.13. The van der Waals surface area contributed by atoms with Crippen molar-refractivity contribution in [1.82, 2.24) is 45.1 Å². The van der Waals surface area contributed by atoms with E-state index in [-0.39, 0.29) is 43.3 Å². The van der Waals surface area contributed by atoms with Crippen LogP contribution in [-0.4, -0.2) is 51.3 Å². The number of hydrogen-bond donors (Lipinski definition) is 4. The van der Waals surface area contributed by atoms with Crippen molar-refractivity contribution in [2.45, 2.75) is 216 Å². The maximum Gasteiger partial charge on any atom is 0.0931 e. The number of pyridine rings is 3. The predicted molar refractivity (Wildman–Crippen MR) is 461 cm³/mol. The third-order valence-electron chi connectivity index (χ3n) is 19.2. The Morgan fingerprint density at radius 1 is 0.308 bits per heavy atom. The van der Waals surface area contributed by atoms with Gasteiger partial charge in [-0.2, -0.15) is 5.10 Å². The molecular formula is C97H118N10. The highest BCUT2D eigenvalue weighted by molar-refractivity contribution is 5.86. The van der Waals surface area contributed by atoms with Crippen molar-refractivity contribution in [2.75, 3.05) is 0 Å². The van der Waals surface area contributed by atoms with Crippen LogP contribution in [0.2, 0.25) is 0 Å². The van der Waals surface area contributed by atoms with Crippen molar-refractivity contribution < 1.29 is 0 Å². The Kier molecular flexibility index (Phi) is 25.1. The van der Waals surface area contributed by atoms with Crippen molar-refractivity contribution >= 4 is 82.7 Å². The summed E-state index contributed by atoms with van der Waals surface area (Å²) in [7, 11) is 0. The minimum atomic E-state index is 0.129. The molecule has 0 unspecified atom stereocenters. The lowest BCUT2D eigenvalue weighted by Gasteiger charge is -2.19. The molecule has 0 saturated carbocycles. The number of aromatic amines is 4. The molecule has 10 nitrogen and oxygen atoms in total. The Morgan fingerprint density at radius 3 is 1.44 bits per heavy atom. The molecule has 15 aromatic rings. The fourth-order valence-corrected chi connectivity index (χ4v) is 11.9. The summed E-state index contributed by atoms with van der Waals surface area (Å²) in [6, 6.07) is 72.5. The first kappa shape index (κ1) is 80.8. The number of benzene rings is 8. The van der Waals surface area contributed by atoms with E-state index in [1.54, 1.807) is 6.33 Å². The van der Waals surface area contributed by atoms with Gasteiger partial charge in [-0.3, -0.25) is 25.0 Å². The molecule has 556 valence electrons. The molecule has 7 aromatic heterocycles. The maximum atomic E-state index is 4.65. The average Bonchev–Trinajstić information content (AvgIpc) is 1.26. The van der Waals surface area contributed by atoms with Crippen LogP contribution in [0.3, 0.4) is 0 Å². The second-order valence-electron chi connectivity index (χ2n) is 36.5. The van der Waals surface area contributed by atoms with Gasteiger partial charge in [-0.15, -0.1) is 0 Å². The van der Waals surface area contributed by atoms with Crippen LogP contribution < -0.4 is 0 Å². The van der Waals surface area contributed by atoms with E-state index in [4.69, 9.17) is 0 Å². The summed E-state index contributed by atoms with van der Waals surface area (Å²) in [6.45, 7) is 54.0. The first-order valence-corrected chi connectivity index (χ1v) is 37.8. The number of fused-ring (bicyclic) bond motifs is 8. The fourth-order valence-electron chi connectivity index (χ4n) is 11.9. The van der Waals surface area contributed by atoms with E-state index in [2.05, 4.69) is 392 Å². The molecular weight excluding hydrogens is 1310 g/mol. The number of rotatable bonds is 0. The number of aromatic nitrogens is 9. The standard InChI is InChI=1S/C14H16.2C13H15N.2C12H15N.3C11H14N2/c1-14(2,3)13-9-8-11-6-4-5-7-12(11)10-13;1-13(2,3)11-8-10-6-4-5-7-12(10)14-9-11;1-13(2,3)12-9-8-10-6-4-5-7-11(10)14-12;1-12(2,3)11-5-4-9-7-13-8-10(9)6-11;1-12(2,3)10-5-4-9-6-7-13-11(9)8-10;1-11(2,3)9-5-4-8-7-12-13-10(8)6-9;1-11(2,3)8-4-5-9-10(6-8)13-7-12-9;1-11(2,3)10-7-9-8(13-10)5-4-6-12-9/h4-10H,1-3H3;2*4-9H,1-3H3;4-6,8H,7H2,1-3H3;4-8,13H,1-3H3;2*4-7H,1-3H3,(H,12,13);4-7,13H,1-3H3. The molecule has 0 saturated heterocycles. The first-order chi connectivity index (χ1) is 50.1. The van der Waals surface area contributed by atoms with Crippen LogP contribution in [0.1, 0.15) is 222 Å². The topological polar surface area (TPSA) is 140 Å². The Balaban J connectivity index is 0.000000141. The van der Waals surface area contributed by atoms with Crippen LogP contribution >= 0.6 is 0 Å². The highest BCUT2D eigenvalue weighted by atomic mass is 15.1. The summed E-state index contributed by atoms with van der Waals surface area (Å²) in [5.74, 6) is 0. The van der Waals surface area contributed by atoms with E-state index >= 15 is 0 Å². The maximum absolute atomic E-state index is 4.65. The molecule has 8 heterocycles. The smallest absolute Gasteiger partial charge is 0.0931 e. The van der Waals surface area contributed by atoms with E-state index in [0.29, 0.717) is 0 Å². The minimum Gasteiger partial charge on any atom is -0.361 e. The normalized spacial score (nSPS) is 12.4. The molecule has 0 amide bonds. The Morgan fingerprint density at radius 2 is 0.822 bits per heavy atom. The second-order valence-corrected chi connectivity index (χ2v) is 36.5. The Hall–Kier alpha value is -10.3. The van der Waals surface area contributed by atoms with Gasteiger partial charge in [-0.25, -0.2) is 4.98 Å². The van der Waals surface area contributed by atoms with Gasteiger partial charge in [0.05, 0.1) is 57.7 Å². The summed E-state index contributed by atoms with van der Waals surface area (Å²) in [5.41, 5.74) is 23.6. The first-order valence-electron chi connectivity index (χ1n) is 37.8. The molecule has 0 bridgehead atoms. The summed E-state index contributed by atoms with van der Waals surface area (Å²) >= 11 is 0. The van der Waals surface area contributed by atoms with Gasteiger partial charge in [0.15, 0.2) is 0 Å². The summed E-state index contributed by atoms with van der Waals surface area (Å²) in [6.07, 6.45) is 11.3. The van der Waals surface area contributed by atoms with Crippen molar-refractivity contribution in [3.05, 3.63) is 293 Å². The SMILES string of the molecule is CC(C)(C)c1cc2ncccc2[nH]1.CC(C)(C)c1ccc2c(c1)C=NC2.CC(C)(C)c1ccc2cc[nH]c2c1.CC(C)(C)c1ccc2ccccc2c1.CC(C)(C)c1ccc2ccccc2n1.CC(C)(C)c1ccc2cn[nH]c2c1.CC(C)(C)c1ccc2nc[nH]c2c1.CC(C)(C)c1cnc2ccccc2c1. The van der Waals surface area contributed by atoms with Gasteiger partial charge >= 0.3 is 0 Å². The van der Waals surface area contributed by atoms with Crippen LogP contribution in [0, 0.1) is 0 Å². The van der Waals surface area contributed by atoms with Crippen molar-refractivity contribution in [2.24, 2.45) is 4.99 Å². The third-order valence-corrected chi connectivity index (χ3v) is 19.2. The molecule has 1 aliphatic rings. The highest BCUT2D eigenvalue weighted by Crippen LogP contribution is 2.32. The van der Waals surface area contributed by atoms with Crippen LogP contribution in [0.4, 0.5) is 0 Å². The van der Waals surface area contributed by atoms with E-state index in [1.165, 1.54) is 88.0 Å². The average molecular weight is 1420 g/mol. The predicted octanol–water partition coefficient (Wildman–Crippen LogP) is 26.2. The number of nitrogens with zero attached hydrogens (tertiary/aromatic N) is 6. The van der Waals surface area contributed by atoms with Crippen LogP contribution in [0.5, 0.6) is 0 Å². The molecule has 0 fully saturated rings. The van der Waals surface area contributed by atoms with Gasteiger partial charge in [0.1, 0.15) is 0 Å². The van der Waals surface area contributed by atoms with E-state index in [1.807, 2.05) is 61.3 Å². The number of H-pyrrole nitrogens is 4. The third kappa shape index (κ3) is 22.6. The highest BCUT2D eigenvalue weighted by Gasteiger charge is 2.21. The van der Waals surface area contributed by atoms with Crippen molar-refractivity contribution in [3.8, 4) is 0 Å². The number of nitrogens with one attached hydrogen (secondary N) is 4. The minimum absolute atomic E-state index is 0.129. The molecule has 16 rings (SSSR count). The largest absolute Gasteiger partial charge is 0.361 e. The van der Waals surface area contributed by atoms with E-state index in [0.717, 1.165) is 50.9 Å². The number of imidazole rings is 1. The van der Waals surface area contributed by atoms with Crippen LogP contribution in [0.25, 0.3) is 76.5 Å². The summed E-state index contributed by atoms with van der Waals surface area (Å²) in [4.78, 5) is 31.5. The van der Waals surface area contributed by atoms with Gasteiger partial charge in [-0.05, 0) is 172 Å². The molecule has 1 aliphatic heterocycles. The van der Waals surface area contributed by atoms with Crippen LogP contribution in [-0.2, 0) is 49.9 Å². The summed E-state index contributed by atoms with van der Waals surface area (Å²) in [5, 5.41) is 14.5. The molecule has 0 aliphatic carbocycles. The Bertz CT molecular complexity index is 4960. The molecule has 10 heteroatoms. The Labute approximate surface area is 638 Å². The molecule has 4 N–H and O–H groups in total. The van der Waals surface area contributed by atoms with E-state index in [9.17, 15) is 0 Å². The summed E-state index contributed by atoms with van der Waals surface area (Å²) < 4.78 is 0. The number of aliphatic imine (C=N–C) groups is 1. The van der Waals surface area contributed by atoms with Crippen molar-refractivity contribution in [1.29, 1.82) is 0 Å². The zero-order valence-corrected chi connectivity index (χ0v) is 68.5. The fraction of sp³-hybridized carbons (Fsp3) is 0.340. The van der Waals surface area contributed by atoms with E-state index < -0.39 is 0 Å². The quantitative estimate of drug-likeness (QED) is 0.120. The van der Waals surface area contributed by atoms with Gasteiger partial charge in [-0.1, -0.05) is 294 Å². The molecule has 8 aromatic carbocycles. The number of hydrogen-bond acceptors (Lipinski definition) is 6. The lowest BCUT2D eigenvalue weighted by molar-refractivity contribution is 0.571. The molecule has 0 spiro atoms. The van der Waals surface area contributed by atoms with Crippen molar-refractivity contribution in [3.63, 3.8) is 0 Å².